The number of aromatic nitrogens is 2. The summed E-state index contributed by atoms with van der Waals surface area (Å²) in [4.78, 5) is 8.83. The molecule has 0 aliphatic rings. The summed E-state index contributed by atoms with van der Waals surface area (Å²) in [6.45, 7) is 6.49. The van der Waals surface area contributed by atoms with Crippen LogP contribution in [-0.4, -0.2) is 42.7 Å². The maximum atomic E-state index is 5.23. The number of ether oxygens (including phenoxy) is 2. The fraction of sp³-hybridized carbons (Fsp3) is 0.421. The third-order valence-corrected chi connectivity index (χ3v) is 5.14. The average Bonchev–Trinajstić information content (AvgIpc) is 2.64. The molecule has 1 atom stereocenters. The van der Waals surface area contributed by atoms with Gasteiger partial charge in [0.2, 0.25) is 11.8 Å². The van der Waals surface area contributed by atoms with Gasteiger partial charge in [-0.15, -0.1) is 0 Å². The fourth-order valence-corrected chi connectivity index (χ4v) is 3.04. The van der Waals surface area contributed by atoms with Crippen molar-refractivity contribution in [2.75, 3.05) is 26.3 Å². The lowest BCUT2D eigenvalue weighted by atomic mass is 9.92. The molecule has 0 bridgehead atoms. The minimum atomic E-state index is -0.0363. The third kappa shape index (κ3) is 5.62. The standard InChI is InChI=1S/C19H26N4O2S/c1-19(2,3)15(13-20-23(4)14-10-8-7-9-11-14)26-18-21-16(24-5)12-17(22-18)25-6/h7-13,15H,1-6H3/b20-13+. The Balaban J connectivity index is 2.22. The van der Waals surface area contributed by atoms with Crippen molar-refractivity contribution in [2.45, 2.75) is 31.2 Å². The minimum absolute atomic E-state index is 0.0363. The van der Waals surface area contributed by atoms with E-state index in [0.717, 1.165) is 5.69 Å². The molecule has 0 aliphatic carbocycles. The first-order valence-electron chi connectivity index (χ1n) is 8.30. The second kappa shape index (κ2) is 8.89. The molecule has 0 spiro atoms. The number of thioether (sulfide) groups is 1. The molecule has 1 aromatic carbocycles. The molecule has 1 heterocycles. The molecule has 0 fully saturated rings. The SMILES string of the molecule is COc1cc(OC)nc(SC(/C=N/N(C)c2ccccc2)C(C)(C)C)n1. The van der Waals surface area contributed by atoms with E-state index in [9.17, 15) is 0 Å². The number of anilines is 1. The lowest BCUT2D eigenvalue weighted by Gasteiger charge is -2.27. The van der Waals surface area contributed by atoms with Crippen LogP contribution in [0, 0.1) is 5.41 Å². The van der Waals surface area contributed by atoms with Crippen molar-refractivity contribution < 1.29 is 9.47 Å². The number of hydrazone groups is 1. The number of hydrogen-bond donors (Lipinski definition) is 0. The number of methoxy groups -OCH3 is 2. The van der Waals surface area contributed by atoms with Crippen LogP contribution in [0.25, 0.3) is 0 Å². The maximum Gasteiger partial charge on any atom is 0.220 e. The van der Waals surface area contributed by atoms with E-state index < -0.39 is 0 Å². The van der Waals surface area contributed by atoms with Crippen molar-refractivity contribution >= 4 is 23.7 Å². The van der Waals surface area contributed by atoms with Gasteiger partial charge < -0.3 is 9.47 Å². The molecular formula is C19H26N4O2S. The van der Waals surface area contributed by atoms with Crippen LogP contribution in [0.4, 0.5) is 5.69 Å². The van der Waals surface area contributed by atoms with Crippen molar-refractivity contribution in [3.8, 4) is 11.8 Å². The molecule has 26 heavy (non-hydrogen) atoms. The van der Waals surface area contributed by atoms with E-state index >= 15 is 0 Å². The Morgan fingerprint density at radius 2 is 1.65 bits per heavy atom. The maximum absolute atomic E-state index is 5.23. The van der Waals surface area contributed by atoms with E-state index in [1.807, 2.05) is 48.6 Å². The first-order chi connectivity index (χ1) is 12.3. The zero-order chi connectivity index (χ0) is 19.2. The van der Waals surface area contributed by atoms with Gasteiger partial charge in [-0.2, -0.15) is 15.1 Å². The van der Waals surface area contributed by atoms with Crippen LogP contribution in [0.3, 0.4) is 0 Å². The molecule has 0 saturated carbocycles. The van der Waals surface area contributed by atoms with E-state index in [1.165, 1.54) is 11.8 Å². The summed E-state index contributed by atoms with van der Waals surface area (Å²) < 4.78 is 10.5. The molecule has 1 unspecified atom stereocenters. The van der Waals surface area contributed by atoms with Gasteiger partial charge in [0, 0.05) is 13.3 Å². The smallest absolute Gasteiger partial charge is 0.220 e. The van der Waals surface area contributed by atoms with Crippen molar-refractivity contribution in [1.29, 1.82) is 0 Å². The van der Waals surface area contributed by atoms with Gasteiger partial charge in [0.1, 0.15) is 0 Å². The quantitative estimate of drug-likeness (QED) is 0.314. The molecule has 0 saturated heterocycles. The summed E-state index contributed by atoms with van der Waals surface area (Å²) in [6, 6.07) is 11.7. The van der Waals surface area contributed by atoms with Gasteiger partial charge in [-0.05, 0) is 17.5 Å². The van der Waals surface area contributed by atoms with Crippen LogP contribution in [0.5, 0.6) is 11.8 Å². The molecule has 6 nitrogen and oxygen atoms in total. The molecule has 2 aromatic rings. The first-order valence-corrected chi connectivity index (χ1v) is 9.18. The Hall–Kier alpha value is -2.28. The van der Waals surface area contributed by atoms with Crippen LogP contribution in [0.15, 0.2) is 46.7 Å². The minimum Gasteiger partial charge on any atom is -0.481 e. The van der Waals surface area contributed by atoms with Crippen molar-refractivity contribution in [3.05, 3.63) is 36.4 Å². The molecular weight excluding hydrogens is 348 g/mol. The zero-order valence-corrected chi connectivity index (χ0v) is 16.9. The summed E-state index contributed by atoms with van der Waals surface area (Å²) in [5.41, 5.74) is 0.992. The number of hydrogen-bond acceptors (Lipinski definition) is 7. The Morgan fingerprint density at radius 1 is 1.08 bits per heavy atom. The van der Waals surface area contributed by atoms with Gasteiger partial charge in [0.25, 0.3) is 0 Å². The predicted molar refractivity (Wildman–Crippen MR) is 108 cm³/mol. The molecule has 7 heteroatoms. The summed E-state index contributed by atoms with van der Waals surface area (Å²) in [6.07, 6.45) is 1.94. The van der Waals surface area contributed by atoms with Crippen LogP contribution in [0.2, 0.25) is 0 Å². The summed E-state index contributed by atoms with van der Waals surface area (Å²) in [5, 5.41) is 7.12. The van der Waals surface area contributed by atoms with Crippen LogP contribution >= 0.6 is 11.8 Å². The molecule has 0 radical (unpaired) electrons. The molecule has 1 aromatic heterocycles. The topological polar surface area (TPSA) is 59.8 Å². The van der Waals surface area contributed by atoms with E-state index in [1.54, 1.807) is 20.3 Å². The monoisotopic (exact) mass is 374 g/mol. The number of benzene rings is 1. The highest BCUT2D eigenvalue weighted by molar-refractivity contribution is 8.00. The largest absolute Gasteiger partial charge is 0.481 e. The van der Waals surface area contributed by atoms with Gasteiger partial charge >= 0.3 is 0 Å². The lowest BCUT2D eigenvalue weighted by Crippen LogP contribution is -2.26. The van der Waals surface area contributed by atoms with Gasteiger partial charge in [0.15, 0.2) is 5.16 Å². The van der Waals surface area contributed by atoms with E-state index in [0.29, 0.717) is 16.9 Å². The molecule has 0 N–H and O–H groups in total. The fourth-order valence-electron chi connectivity index (χ4n) is 2.06. The zero-order valence-electron chi connectivity index (χ0n) is 16.1. The highest BCUT2D eigenvalue weighted by atomic mass is 32.2. The van der Waals surface area contributed by atoms with E-state index in [-0.39, 0.29) is 10.7 Å². The van der Waals surface area contributed by atoms with Crippen molar-refractivity contribution in [2.24, 2.45) is 10.5 Å². The second-order valence-corrected chi connectivity index (χ2v) is 7.87. The Morgan fingerprint density at radius 3 is 2.15 bits per heavy atom. The normalized spacial score (nSPS) is 12.8. The number of nitrogens with zero attached hydrogens (tertiary/aromatic N) is 4. The van der Waals surface area contributed by atoms with Crippen molar-refractivity contribution in [1.82, 2.24) is 9.97 Å². The Bertz CT molecular complexity index is 710. The van der Waals surface area contributed by atoms with Crippen LogP contribution < -0.4 is 14.5 Å². The van der Waals surface area contributed by atoms with Gasteiger partial charge in [-0.1, -0.05) is 50.7 Å². The molecule has 0 aliphatic heterocycles. The van der Waals surface area contributed by atoms with E-state index in [4.69, 9.17) is 9.47 Å². The van der Waals surface area contributed by atoms with Crippen LogP contribution in [-0.2, 0) is 0 Å². The lowest BCUT2D eigenvalue weighted by molar-refractivity contribution is 0.364. The van der Waals surface area contributed by atoms with Crippen molar-refractivity contribution in [3.63, 3.8) is 0 Å². The third-order valence-electron chi connectivity index (χ3n) is 3.67. The van der Waals surface area contributed by atoms with Crippen LogP contribution in [0.1, 0.15) is 20.8 Å². The second-order valence-electron chi connectivity index (χ2n) is 6.76. The van der Waals surface area contributed by atoms with Gasteiger partial charge in [-0.3, -0.25) is 5.01 Å². The highest BCUT2D eigenvalue weighted by Gasteiger charge is 2.26. The van der Waals surface area contributed by atoms with Gasteiger partial charge in [-0.25, -0.2) is 0 Å². The predicted octanol–water partition coefficient (Wildman–Crippen LogP) is 4.12. The van der Waals surface area contributed by atoms with E-state index in [2.05, 4.69) is 35.8 Å². The first kappa shape index (κ1) is 20.0. The molecule has 2 rings (SSSR count). The average molecular weight is 375 g/mol. The van der Waals surface area contributed by atoms with Gasteiger partial charge in [0.05, 0.1) is 31.2 Å². The number of para-hydroxylation sites is 1. The summed E-state index contributed by atoms with van der Waals surface area (Å²) in [7, 11) is 5.09. The molecule has 0 amide bonds. The highest BCUT2D eigenvalue weighted by Crippen LogP contribution is 2.34. The summed E-state index contributed by atoms with van der Waals surface area (Å²) >= 11 is 1.53. The Labute approximate surface area is 159 Å². The Kier molecular flexibility index (Phi) is 6.85. The number of rotatable bonds is 7. The summed E-state index contributed by atoms with van der Waals surface area (Å²) in [5.74, 6) is 0.954. The molecule has 140 valence electrons.